The average molecular weight is 327 g/mol. The van der Waals surface area contributed by atoms with E-state index in [4.69, 9.17) is 14.2 Å². The Kier molecular flexibility index (Phi) is 4.56. The fourth-order valence-electron chi connectivity index (χ4n) is 2.75. The first-order chi connectivity index (χ1) is 10.6. The molecule has 22 heavy (non-hydrogen) atoms. The molecule has 0 amide bonds. The van der Waals surface area contributed by atoms with Crippen LogP contribution in [0.5, 0.6) is 11.5 Å². The summed E-state index contributed by atoms with van der Waals surface area (Å²) in [4.78, 5) is 0.242. The number of nitrogens with zero attached hydrogens (tertiary/aromatic N) is 1. The van der Waals surface area contributed by atoms with Gasteiger partial charge in [0.25, 0.3) is 0 Å². The minimum absolute atomic E-state index is 0.242. The Balaban J connectivity index is 1.76. The summed E-state index contributed by atoms with van der Waals surface area (Å²) in [5.74, 6) is 1.44. The Labute approximate surface area is 131 Å². The Hall–Kier alpha value is -1.31. The molecule has 0 aromatic heterocycles. The van der Waals surface area contributed by atoms with Gasteiger partial charge in [0.1, 0.15) is 13.2 Å². The minimum Gasteiger partial charge on any atom is -0.486 e. The number of hydrogen-bond acceptors (Lipinski definition) is 5. The molecule has 0 N–H and O–H groups in total. The topological polar surface area (TPSA) is 65.1 Å². The van der Waals surface area contributed by atoms with Crippen LogP contribution in [-0.4, -0.2) is 52.7 Å². The highest BCUT2D eigenvalue weighted by Crippen LogP contribution is 2.33. The first kappa shape index (κ1) is 15.6. The van der Waals surface area contributed by atoms with Crippen molar-refractivity contribution in [1.82, 2.24) is 4.31 Å². The largest absolute Gasteiger partial charge is 0.486 e. The van der Waals surface area contributed by atoms with Crippen molar-refractivity contribution in [3.8, 4) is 11.5 Å². The lowest BCUT2D eigenvalue weighted by molar-refractivity contribution is 0.0620. The summed E-state index contributed by atoms with van der Waals surface area (Å²) >= 11 is 0. The van der Waals surface area contributed by atoms with Gasteiger partial charge in [0.05, 0.1) is 4.90 Å². The second kappa shape index (κ2) is 6.44. The van der Waals surface area contributed by atoms with Crippen molar-refractivity contribution in [3.63, 3.8) is 0 Å². The molecule has 6 nitrogen and oxygen atoms in total. The summed E-state index contributed by atoms with van der Waals surface area (Å²) in [5, 5.41) is 0. The molecule has 0 unspecified atom stereocenters. The number of hydrogen-bond donors (Lipinski definition) is 0. The number of fused-ring (bicyclic) bond motifs is 1. The van der Waals surface area contributed by atoms with E-state index in [1.165, 1.54) is 4.31 Å². The van der Waals surface area contributed by atoms with Gasteiger partial charge in [-0.15, -0.1) is 0 Å². The predicted molar refractivity (Wildman–Crippen MR) is 80.8 cm³/mol. The molecule has 1 saturated heterocycles. The second-order valence-electron chi connectivity index (χ2n) is 5.65. The molecule has 0 atom stereocenters. The first-order valence-electron chi connectivity index (χ1n) is 7.51. The van der Waals surface area contributed by atoms with E-state index >= 15 is 0 Å². The summed E-state index contributed by atoms with van der Waals surface area (Å²) in [7, 11) is -1.89. The lowest BCUT2D eigenvalue weighted by Crippen LogP contribution is -2.34. The Bertz CT molecular complexity index is 625. The number of rotatable bonds is 4. The molecule has 2 heterocycles. The van der Waals surface area contributed by atoms with Gasteiger partial charge < -0.3 is 14.2 Å². The van der Waals surface area contributed by atoms with Gasteiger partial charge in [0.15, 0.2) is 11.5 Å². The fourth-order valence-corrected chi connectivity index (χ4v) is 4.02. The molecule has 0 saturated carbocycles. The van der Waals surface area contributed by atoms with Crippen LogP contribution < -0.4 is 9.47 Å². The van der Waals surface area contributed by atoms with Gasteiger partial charge in [-0.25, -0.2) is 12.7 Å². The Morgan fingerprint density at radius 1 is 1.09 bits per heavy atom. The van der Waals surface area contributed by atoms with Crippen molar-refractivity contribution >= 4 is 10.0 Å². The lowest BCUT2D eigenvalue weighted by atomic mass is 10.0. The molecule has 0 spiro atoms. The molecule has 0 bridgehead atoms. The van der Waals surface area contributed by atoms with Crippen molar-refractivity contribution in [3.05, 3.63) is 18.2 Å². The van der Waals surface area contributed by atoms with Crippen LogP contribution in [0.3, 0.4) is 0 Å². The zero-order valence-corrected chi connectivity index (χ0v) is 13.5. The standard InChI is InChI=1S/C15H21NO5S/c1-16(11-12-4-6-19-7-5-12)22(17,18)13-2-3-14-15(10-13)21-9-8-20-14/h2-3,10,12H,4-9,11H2,1H3. The quantitative estimate of drug-likeness (QED) is 0.838. The van der Waals surface area contributed by atoms with E-state index in [1.54, 1.807) is 25.2 Å². The molecule has 7 heteroatoms. The molecule has 2 aliphatic heterocycles. The maximum atomic E-state index is 12.7. The lowest BCUT2D eigenvalue weighted by Gasteiger charge is -2.27. The van der Waals surface area contributed by atoms with E-state index in [-0.39, 0.29) is 4.90 Å². The monoisotopic (exact) mass is 327 g/mol. The van der Waals surface area contributed by atoms with Gasteiger partial charge in [-0.2, -0.15) is 0 Å². The number of benzene rings is 1. The van der Waals surface area contributed by atoms with Crippen molar-refractivity contribution < 1.29 is 22.6 Å². The molecular weight excluding hydrogens is 306 g/mol. The van der Waals surface area contributed by atoms with Crippen molar-refractivity contribution in [2.75, 3.05) is 40.0 Å². The van der Waals surface area contributed by atoms with E-state index < -0.39 is 10.0 Å². The zero-order chi connectivity index (χ0) is 15.6. The predicted octanol–water partition coefficient (Wildman–Crippen LogP) is 1.50. The summed E-state index contributed by atoms with van der Waals surface area (Å²) < 4.78 is 43.0. The minimum atomic E-state index is -3.51. The van der Waals surface area contributed by atoms with Gasteiger partial charge in [0, 0.05) is 32.9 Å². The molecule has 122 valence electrons. The molecule has 3 rings (SSSR count). The van der Waals surface area contributed by atoms with E-state index in [0.29, 0.717) is 50.4 Å². The summed E-state index contributed by atoms with van der Waals surface area (Å²) in [6.45, 7) is 2.86. The summed E-state index contributed by atoms with van der Waals surface area (Å²) in [6.07, 6.45) is 1.81. The maximum Gasteiger partial charge on any atom is 0.242 e. The highest BCUT2D eigenvalue weighted by molar-refractivity contribution is 7.89. The number of sulfonamides is 1. The van der Waals surface area contributed by atoms with Crippen LogP contribution in [0.1, 0.15) is 12.8 Å². The van der Waals surface area contributed by atoms with Crippen molar-refractivity contribution in [2.45, 2.75) is 17.7 Å². The van der Waals surface area contributed by atoms with Crippen molar-refractivity contribution in [1.29, 1.82) is 0 Å². The average Bonchev–Trinajstić information content (AvgIpc) is 2.55. The van der Waals surface area contributed by atoms with E-state index in [1.807, 2.05) is 0 Å². The smallest absolute Gasteiger partial charge is 0.242 e. The van der Waals surface area contributed by atoms with Crippen LogP contribution in [0.4, 0.5) is 0 Å². The third-order valence-corrected chi connectivity index (χ3v) is 5.90. The zero-order valence-electron chi connectivity index (χ0n) is 12.7. The highest BCUT2D eigenvalue weighted by atomic mass is 32.2. The summed E-state index contributed by atoms with van der Waals surface area (Å²) in [6, 6.07) is 4.78. The van der Waals surface area contributed by atoms with E-state index in [2.05, 4.69) is 0 Å². The molecule has 1 aromatic carbocycles. The van der Waals surface area contributed by atoms with Crippen LogP contribution >= 0.6 is 0 Å². The normalized spacial score (nSPS) is 19.4. The molecule has 2 aliphatic rings. The third-order valence-electron chi connectivity index (χ3n) is 4.08. The van der Waals surface area contributed by atoms with E-state index in [0.717, 1.165) is 12.8 Å². The summed E-state index contributed by atoms with van der Waals surface area (Å²) in [5.41, 5.74) is 0. The van der Waals surface area contributed by atoms with Gasteiger partial charge in [-0.3, -0.25) is 0 Å². The van der Waals surface area contributed by atoms with Crippen LogP contribution in [0, 0.1) is 5.92 Å². The van der Waals surface area contributed by atoms with Crippen LogP contribution in [-0.2, 0) is 14.8 Å². The van der Waals surface area contributed by atoms with Gasteiger partial charge in [0.2, 0.25) is 10.0 Å². The molecule has 1 fully saturated rings. The van der Waals surface area contributed by atoms with Gasteiger partial charge >= 0.3 is 0 Å². The van der Waals surface area contributed by atoms with E-state index in [9.17, 15) is 8.42 Å². The Morgan fingerprint density at radius 2 is 1.77 bits per heavy atom. The third kappa shape index (κ3) is 3.21. The van der Waals surface area contributed by atoms with Gasteiger partial charge in [-0.1, -0.05) is 0 Å². The van der Waals surface area contributed by atoms with Crippen molar-refractivity contribution in [2.24, 2.45) is 5.92 Å². The molecule has 0 aliphatic carbocycles. The fraction of sp³-hybridized carbons (Fsp3) is 0.600. The van der Waals surface area contributed by atoms with Crippen LogP contribution in [0.2, 0.25) is 0 Å². The SMILES string of the molecule is CN(CC1CCOCC1)S(=O)(=O)c1ccc2c(c1)OCCO2. The first-order valence-corrected chi connectivity index (χ1v) is 8.95. The molecular formula is C15H21NO5S. The molecule has 1 aromatic rings. The van der Waals surface area contributed by atoms with Crippen LogP contribution in [0.15, 0.2) is 23.1 Å². The molecule has 0 radical (unpaired) electrons. The van der Waals surface area contributed by atoms with Gasteiger partial charge in [-0.05, 0) is 30.9 Å². The maximum absolute atomic E-state index is 12.7. The highest BCUT2D eigenvalue weighted by Gasteiger charge is 2.26. The Morgan fingerprint density at radius 3 is 2.50 bits per heavy atom. The second-order valence-corrected chi connectivity index (χ2v) is 7.69. The number of ether oxygens (including phenoxy) is 3. The van der Waals surface area contributed by atoms with Crippen LogP contribution in [0.25, 0.3) is 0 Å².